The first-order valence-electron chi connectivity index (χ1n) is 5.89. The van der Waals surface area contributed by atoms with Crippen LogP contribution in [0.2, 0.25) is 0 Å². The molecule has 0 bridgehead atoms. The third-order valence-corrected chi connectivity index (χ3v) is 2.79. The molecule has 0 fully saturated rings. The average molecular weight is 269 g/mol. The number of oxazole rings is 1. The summed E-state index contributed by atoms with van der Waals surface area (Å²) >= 11 is 0. The van der Waals surface area contributed by atoms with Gasteiger partial charge in [0.1, 0.15) is 11.3 Å². The Kier molecular flexibility index (Phi) is 2.76. The first-order chi connectivity index (χ1) is 9.63. The molecule has 1 heterocycles. The van der Waals surface area contributed by atoms with E-state index >= 15 is 0 Å². The molecule has 0 aliphatic carbocycles. The number of primary amides is 1. The predicted octanol–water partition coefficient (Wildman–Crippen LogP) is 2.69. The van der Waals surface area contributed by atoms with Crippen LogP contribution < -0.4 is 11.1 Å². The number of phenols is 1. The number of benzene rings is 2. The van der Waals surface area contributed by atoms with Crippen molar-refractivity contribution in [1.29, 1.82) is 0 Å². The van der Waals surface area contributed by atoms with E-state index in [9.17, 15) is 9.90 Å². The minimum absolute atomic E-state index is 0.0530. The van der Waals surface area contributed by atoms with E-state index in [0.29, 0.717) is 28.2 Å². The summed E-state index contributed by atoms with van der Waals surface area (Å²) in [6, 6.07) is 11.2. The molecular formula is C14H11N3O3. The summed E-state index contributed by atoms with van der Waals surface area (Å²) in [5.74, 6) is 0.261. The Hall–Kier alpha value is -3.02. The Balaban J connectivity index is 2.03. The summed E-state index contributed by atoms with van der Waals surface area (Å²) in [7, 11) is 0. The molecule has 0 saturated heterocycles. The number of fused-ring (bicyclic) bond motifs is 1. The van der Waals surface area contributed by atoms with Gasteiger partial charge in [-0.1, -0.05) is 12.1 Å². The first kappa shape index (κ1) is 12.0. The van der Waals surface area contributed by atoms with Gasteiger partial charge in [0.15, 0.2) is 5.58 Å². The molecule has 100 valence electrons. The Labute approximate surface area is 113 Å². The van der Waals surface area contributed by atoms with Crippen molar-refractivity contribution >= 4 is 22.8 Å². The van der Waals surface area contributed by atoms with Gasteiger partial charge in [-0.05, 0) is 24.3 Å². The number of hydrogen-bond donors (Lipinski definition) is 3. The van der Waals surface area contributed by atoms with Gasteiger partial charge in [0.05, 0.1) is 5.56 Å². The zero-order valence-corrected chi connectivity index (χ0v) is 10.3. The van der Waals surface area contributed by atoms with Gasteiger partial charge in [-0.25, -0.2) is 9.78 Å². The standard InChI is InChI=1S/C14H11N3O3/c15-14(19)16-8-5-6-9(11(18)7-8)13-17-10-3-1-2-4-12(10)20-13/h1-7,18H,(H3,15,16,19). The van der Waals surface area contributed by atoms with Crippen molar-refractivity contribution in [2.75, 3.05) is 5.32 Å². The van der Waals surface area contributed by atoms with Crippen LogP contribution in [-0.4, -0.2) is 16.1 Å². The normalized spacial score (nSPS) is 10.6. The highest BCUT2D eigenvalue weighted by atomic mass is 16.3. The number of hydrogen-bond acceptors (Lipinski definition) is 4. The number of carbonyl (C=O) groups is 1. The van der Waals surface area contributed by atoms with Gasteiger partial charge in [0, 0.05) is 11.8 Å². The van der Waals surface area contributed by atoms with Crippen LogP contribution in [0.15, 0.2) is 46.9 Å². The van der Waals surface area contributed by atoms with E-state index in [2.05, 4.69) is 10.3 Å². The van der Waals surface area contributed by atoms with Crippen LogP contribution in [-0.2, 0) is 0 Å². The second kappa shape index (κ2) is 4.58. The number of urea groups is 1. The fourth-order valence-electron chi connectivity index (χ4n) is 1.92. The lowest BCUT2D eigenvalue weighted by atomic mass is 10.2. The van der Waals surface area contributed by atoms with E-state index < -0.39 is 6.03 Å². The Morgan fingerprint density at radius 2 is 2.05 bits per heavy atom. The van der Waals surface area contributed by atoms with Crippen molar-refractivity contribution in [2.24, 2.45) is 5.73 Å². The third-order valence-electron chi connectivity index (χ3n) is 2.79. The second-order valence-electron chi connectivity index (χ2n) is 4.21. The minimum Gasteiger partial charge on any atom is -0.507 e. The molecule has 0 unspecified atom stereocenters. The number of nitrogens with zero attached hydrogens (tertiary/aromatic N) is 1. The summed E-state index contributed by atoms with van der Waals surface area (Å²) in [4.78, 5) is 15.0. The summed E-state index contributed by atoms with van der Waals surface area (Å²) in [6.07, 6.45) is 0. The molecule has 0 radical (unpaired) electrons. The molecule has 0 saturated carbocycles. The molecule has 4 N–H and O–H groups in total. The number of carbonyl (C=O) groups excluding carboxylic acids is 1. The van der Waals surface area contributed by atoms with Gasteiger partial charge in [0.2, 0.25) is 5.89 Å². The highest BCUT2D eigenvalue weighted by Gasteiger charge is 2.12. The highest BCUT2D eigenvalue weighted by molar-refractivity contribution is 5.88. The summed E-state index contributed by atoms with van der Waals surface area (Å²) in [5.41, 5.74) is 7.20. The fraction of sp³-hybridized carbons (Fsp3) is 0. The molecule has 6 nitrogen and oxygen atoms in total. The lowest BCUT2D eigenvalue weighted by molar-refractivity contribution is 0.259. The van der Waals surface area contributed by atoms with Crippen LogP contribution in [0.5, 0.6) is 5.75 Å². The van der Waals surface area contributed by atoms with Crippen molar-refractivity contribution < 1.29 is 14.3 Å². The van der Waals surface area contributed by atoms with Crippen molar-refractivity contribution in [2.45, 2.75) is 0 Å². The van der Waals surface area contributed by atoms with Crippen LogP contribution in [0, 0.1) is 0 Å². The molecule has 20 heavy (non-hydrogen) atoms. The lowest BCUT2D eigenvalue weighted by Crippen LogP contribution is -2.19. The number of rotatable bonds is 2. The number of nitrogens with two attached hydrogens (primary N) is 1. The molecule has 0 atom stereocenters. The topological polar surface area (TPSA) is 101 Å². The van der Waals surface area contributed by atoms with Crippen LogP contribution in [0.3, 0.4) is 0 Å². The number of aromatic nitrogens is 1. The van der Waals surface area contributed by atoms with Gasteiger partial charge >= 0.3 is 6.03 Å². The zero-order chi connectivity index (χ0) is 14.1. The quantitative estimate of drug-likeness (QED) is 0.665. The molecule has 2 aromatic carbocycles. The molecule has 1 aromatic heterocycles. The van der Waals surface area contributed by atoms with Gasteiger partial charge in [0.25, 0.3) is 0 Å². The van der Waals surface area contributed by atoms with Crippen LogP contribution in [0.4, 0.5) is 10.5 Å². The van der Waals surface area contributed by atoms with Gasteiger partial charge < -0.3 is 20.6 Å². The van der Waals surface area contributed by atoms with Crippen LogP contribution in [0.25, 0.3) is 22.6 Å². The lowest BCUT2D eigenvalue weighted by Gasteiger charge is -2.04. The zero-order valence-electron chi connectivity index (χ0n) is 10.3. The predicted molar refractivity (Wildman–Crippen MR) is 74.3 cm³/mol. The van der Waals surface area contributed by atoms with Crippen molar-refractivity contribution in [3.63, 3.8) is 0 Å². The second-order valence-corrected chi connectivity index (χ2v) is 4.21. The number of amides is 2. The third kappa shape index (κ3) is 2.14. The molecule has 3 rings (SSSR count). The molecule has 3 aromatic rings. The molecule has 2 amide bonds. The van der Waals surface area contributed by atoms with E-state index in [1.165, 1.54) is 6.07 Å². The number of phenolic OH excluding ortho intramolecular Hbond substituents is 1. The van der Waals surface area contributed by atoms with Crippen LogP contribution >= 0.6 is 0 Å². The Morgan fingerprint density at radius 1 is 1.25 bits per heavy atom. The van der Waals surface area contributed by atoms with E-state index in [1.54, 1.807) is 18.2 Å². The summed E-state index contributed by atoms with van der Waals surface area (Å²) in [5, 5.41) is 12.4. The SMILES string of the molecule is NC(=O)Nc1ccc(-c2nc3ccccc3o2)c(O)c1. The smallest absolute Gasteiger partial charge is 0.316 e. The summed E-state index contributed by atoms with van der Waals surface area (Å²) < 4.78 is 5.57. The monoisotopic (exact) mass is 269 g/mol. The Morgan fingerprint density at radius 3 is 2.75 bits per heavy atom. The first-order valence-corrected chi connectivity index (χ1v) is 5.89. The van der Waals surface area contributed by atoms with E-state index in [-0.39, 0.29) is 5.75 Å². The minimum atomic E-state index is -0.695. The molecule has 0 aliphatic heterocycles. The maximum atomic E-state index is 10.8. The highest BCUT2D eigenvalue weighted by Crippen LogP contribution is 2.32. The fourth-order valence-corrected chi connectivity index (χ4v) is 1.92. The van der Waals surface area contributed by atoms with Gasteiger partial charge in [-0.3, -0.25) is 0 Å². The molecule has 6 heteroatoms. The van der Waals surface area contributed by atoms with Gasteiger partial charge in [-0.2, -0.15) is 0 Å². The summed E-state index contributed by atoms with van der Waals surface area (Å²) in [6.45, 7) is 0. The number of nitrogens with one attached hydrogen (secondary N) is 1. The number of anilines is 1. The van der Waals surface area contributed by atoms with Crippen molar-refractivity contribution in [3.05, 3.63) is 42.5 Å². The van der Waals surface area contributed by atoms with Crippen LogP contribution in [0.1, 0.15) is 0 Å². The number of para-hydroxylation sites is 2. The maximum Gasteiger partial charge on any atom is 0.316 e. The number of aromatic hydroxyl groups is 1. The molecule has 0 spiro atoms. The molecular weight excluding hydrogens is 258 g/mol. The van der Waals surface area contributed by atoms with E-state index in [1.807, 2.05) is 18.2 Å². The van der Waals surface area contributed by atoms with E-state index in [0.717, 1.165) is 0 Å². The van der Waals surface area contributed by atoms with E-state index in [4.69, 9.17) is 10.2 Å². The van der Waals surface area contributed by atoms with Crippen molar-refractivity contribution in [3.8, 4) is 17.2 Å². The molecule has 0 aliphatic rings. The van der Waals surface area contributed by atoms with Gasteiger partial charge in [-0.15, -0.1) is 0 Å². The maximum absolute atomic E-state index is 10.8. The van der Waals surface area contributed by atoms with Crippen molar-refractivity contribution in [1.82, 2.24) is 4.98 Å². The Bertz CT molecular complexity index is 762. The largest absolute Gasteiger partial charge is 0.507 e. The average Bonchev–Trinajstić information content (AvgIpc) is 2.81.